The van der Waals surface area contributed by atoms with Crippen molar-refractivity contribution in [3.8, 4) is 11.5 Å². The molecule has 23 heavy (non-hydrogen) atoms. The Morgan fingerprint density at radius 3 is 2.91 bits per heavy atom. The van der Waals surface area contributed by atoms with Gasteiger partial charge >= 0.3 is 5.97 Å². The van der Waals surface area contributed by atoms with Gasteiger partial charge in [0.2, 0.25) is 6.79 Å². The summed E-state index contributed by atoms with van der Waals surface area (Å²) < 4.78 is 16.3. The van der Waals surface area contributed by atoms with Gasteiger partial charge in [0, 0.05) is 26.2 Å². The minimum Gasteiger partial charge on any atom is -0.481 e. The van der Waals surface area contributed by atoms with Crippen LogP contribution in [0.4, 0.5) is 0 Å². The van der Waals surface area contributed by atoms with E-state index in [1.807, 2.05) is 12.1 Å². The van der Waals surface area contributed by atoms with E-state index in [0.717, 1.165) is 42.1 Å². The van der Waals surface area contributed by atoms with Crippen LogP contribution in [0.15, 0.2) is 12.1 Å². The van der Waals surface area contributed by atoms with Crippen LogP contribution in [0.25, 0.3) is 0 Å². The SMILES string of the molecule is Cc1cc2c(cc1CN1C[C@@H]3CCOC[C@]3(C(=O)O)C1)OCO2. The first-order valence-electron chi connectivity index (χ1n) is 8.01. The lowest BCUT2D eigenvalue weighted by Crippen LogP contribution is -2.46. The van der Waals surface area contributed by atoms with Crippen molar-refractivity contribution in [1.82, 2.24) is 4.90 Å². The second-order valence-electron chi connectivity index (χ2n) is 6.80. The highest BCUT2D eigenvalue weighted by Crippen LogP contribution is 2.43. The van der Waals surface area contributed by atoms with Crippen LogP contribution in [-0.2, 0) is 16.1 Å². The number of benzene rings is 1. The zero-order valence-corrected chi connectivity index (χ0v) is 13.2. The molecule has 1 N–H and O–H groups in total. The van der Waals surface area contributed by atoms with E-state index in [1.54, 1.807) is 0 Å². The number of likely N-dealkylation sites (tertiary alicyclic amines) is 1. The number of aryl methyl sites for hydroxylation is 1. The summed E-state index contributed by atoms with van der Waals surface area (Å²) in [7, 11) is 0. The molecule has 124 valence electrons. The monoisotopic (exact) mass is 319 g/mol. The van der Waals surface area contributed by atoms with Crippen molar-refractivity contribution in [3.63, 3.8) is 0 Å². The molecule has 2 fully saturated rings. The summed E-state index contributed by atoms with van der Waals surface area (Å²) in [5.41, 5.74) is 1.56. The summed E-state index contributed by atoms with van der Waals surface area (Å²) >= 11 is 0. The molecule has 0 unspecified atom stereocenters. The molecule has 0 aliphatic carbocycles. The number of rotatable bonds is 3. The number of carboxylic acid groups (broad SMARTS) is 1. The molecule has 0 aromatic heterocycles. The smallest absolute Gasteiger partial charge is 0.313 e. The van der Waals surface area contributed by atoms with Gasteiger partial charge in [0.15, 0.2) is 11.5 Å². The Kier molecular flexibility index (Phi) is 3.46. The van der Waals surface area contributed by atoms with Gasteiger partial charge in [-0.15, -0.1) is 0 Å². The molecular formula is C17H21NO5. The average molecular weight is 319 g/mol. The van der Waals surface area contributed by atoms with E-state index in [9.17, 15) is 9.90 Å². The first-order chi connectivity index (χ1) is 11.1. The van der Waals surface area contributed by atoms with Crippen LogP contribution in [-0.4, -0.2) is 49.1 Å². The lowest BCUT2D eigenvalue weighted by molar-refractivity contribution is -0.159. The summed E-state index contributed by atoms with van der Waals surface area (Å²) in [5.74, 6) is 1.01. The van der Waals surface area contributed by atoms with Crippen LogP contribution in [0.5, 0.6) is 11.5 Å². The van der Waals surface area contributed by atoms with E-state index in [2.05, 4.69) is 11.8 Å². The largest absolute Gasteiger partial charge is 0.481 e. The molecule has 0 amide bonds. The fourth-order valence-electron chi connectivity index (χ4n) is 4.01. The second-order valence-corrected chi connectivity index (χ2v) is 6.80. The van der Waals surface area contributed by atoms with Crippen molar-refractivity contribution in [1.29, 1.82) is 0 Å². The van der Waals surface area contributed by atoms with Crippen molar-refractivity contribution < 1.29 is 24.1 Å². The maximum atomic E-state index is 11.8. The third kappa shape index (κ3) is 2.37. The van der Waals surface area contributed by atoms with E-state index < -0.39 is 11.4 Å². The second kappa shape index (κ2) is 5.39. The van der Waals surface area contributed by atoms with E-state index in [4.69, 9.17) is 14.2 Å². The van der Waals surface area contributed by atoms with Gasteiger partial charge in [-0.25, -0.2) is 0 Å². The summed E-state index contributed by atoms with van der Waals surface area (Å²) in [5, 5.41) is 9.72. The Morgan fingerprint density at radius 2 is 2.17 bits per heavy atom. The number of nitrogens with zero attached hydrogens (tertiary/aromatic N) is 1. The molecule has 0 spiro atoms. The van der Waals surface area contributed by atoms with E-state index in [-0.39, 0.29) is 12.7 Å². The predicted octanol–water partition coefficient (Wildman–Crippen LogP) is 1.65. The van der Waals surface area contributed by atoms with Gasteiger partial charge in [-0.2, -0.15) is 0 Å². The number of carbonyl (C=O) groups is 1. The number of hydrogen-bond acceptors (Lipinski definition) is 5. The Hall–Kier alpha value is -1.79. The fraction of sp³-hybridized carbons (Fsp3) is 0.588. The molecule has 0 saturated carbocycles. The number of ether oxygens (including phenoxy) is 3. The van der Waals surface area contributed by atoms with Crippen LogP contribution in [0.1, 0.15) is 17.5 Å². The molecule has 1 aromatic rings. The summed E-state index contributed by atoms with van der Waals surface area (Å²) in [4.78, 5) is 14.1. The number of hydrogen-bond donors (Lipinski definition) is 1. The molecule has 4 rings (SSSR count). The highest BCUT2D eigenvalue weighted by atomic mass is 16.7. The zero-order chi connectivity index (χ0) is 16.0. The zero-order valence-electron chi connectivity index (χ0n) is 13.2. The standard InChI is InChI=1S/C17H21NO5/c1-11-4-14-15(23-10-22-14)5-12(11)6-18-7-13-2-3-21-9-17(13,8-18)16(19)20/h4-5,13H,2-3,6-10H2,1H3,(H,19,20)/t13-,17+/m0/s1. The van der Waals surface area contributed by atoms with Crippen molar-refractivity contribution in [2.45, 2.75) is 19.9 Å². The fourth-order valence-corrected chi connectivity index (χ4v) is 4.01. The minimum atomic E-state index is -0.748. The maximum Gasteiger partial charge on any atom is 0.313 e. The van der Waals surface area contributed by atoms with Crippen LogP contribution in [0, 0.1) is 18.3 Å². The molecule has 6 nitrogen and oxygen atoms in total. The molecule has 6 heteroatoms. The first-order valence-corrected chi connectivity index (χ1v) is 8.01. The van der Waals surface area contributed by atoms with Crippen LogP contribution < -0.4 is 9.47 Å². The third-order valence-electron chi connectivity index (χ3n) is 5.39. The van der Waals surface area contributed by atoms with Gasteiger partial charge in [-0.1, -0.05) is 0 Å². The summed E-state index contributed by atoms with van der Waals surface area (Å²) in [6.07, 6.45) is 0.822. The summed E-state index contributed by atoms with van der Waals surface area (Å²) in [6, 6.07) is 4.01. The van der Waals surface area contributed by atoms with Gasteiger partial charge in [-0.05, 0) is 42.5 Å². The molecular weight excluding hydrogens is 298 g/mol. The lowest BCUT2D eigenvalue weighted by Gasteiger charge is -2.34. The molecule has 3 aliphatic rings. The molecule has 1 aromatic carbocycles. The number of aliphatic carboxylic acids is 1. The topological polar surface area (TPSA) is 68.2 Å². The highest BCUT2D eigenvalue weighted by molar-refractivity contribution is 5.76. The highest BCUT2D eigenvalue weighted by Gasteiger charge is 2.53. The molecule has 2 saturated heterocycles. The van der Waals surface area contributed by atoms with Gasteiger partial charge in [0.25, 0.3) is 0 Å². The van der Waals surface area contributed by atoms with Crippen molar-refractivity contribution >= 4 is 5.97 Å². The molecule has 3 heterocycles. The van der Waals surface area contributed by atoms with Crippen LogP contribution in [0.3, 0.4) is 0 Å². The van der Waals surface area contributed by atoms with Gasteiger partial charge < -0.3 is 19.3 Å². The van der Waals surface area contributed by atoms with Gasteiger partial charge in [0.1, 0.15) is 5.41 Å². The van der Waals surface area contributed by atoms with Crippen molar-refractivity contribution in [2.24, 2.45) is 11.3 Å². The van der Waals surface area contributed by atoms with Crippen LogP contribution >= 0.6 is 0 Å². The normalized spacial score (nSPS) is 29.5. The van der Waals surface area contributed by atoms with Crippen LogP contribution in [0.2, 0.25) is 0 Å². The quantitative estimate of drug-likeness (QED) is 0.913. The van der Waals surface area contributed by atoms with Gasteiger partial charge in [-0.3, -0.25) is 9.69 Å². The Balaban J connectivity index is 1.55. The number of carboxylic acids is 1. The lowest BCUT2D eigenvalue weighted by atomic mass is 9.76. The number of fused-ring (bicyclic) bond motifs is 2. The van der Waals surface area contributed by atoms with Crippen molar-refractivity contribution in [3.05, 3.63) is 23.3 Å². The molecule has 3 aliphatic heterocycles. The van der Waals surface area contributed by atoms with E-state index in [0.29, 0.717) is 19.8 Å². The van der Waals surface area contributed by atoms with E-state index >= 15 is 0 Å². The van der Waals surface area contributed by atoms with Gasteiger partial charge in [0.05, 0.1) is 6.61 Å². The molecule has 0 radical (unpaired) electrons. The predicted molar refractivity (Wildman–Crippen MR) is 81.6 cm³/mol. The average Bonchev–Trinajstić information content (AvgIpc) is 3.11. The maximum absolute atomic E-state index is 11.8. The van der Waals surface area contributed by atoms with Crippen molar-refractivity contribution in [2.75, 3.05) is 33.1 Å². The molecule has 2 atom stereocenters. The molecule has 0 bridgehead atoms. The van der Waals surface area contributed by atoms with E-state index in [1.165, 1.54) is 0 Å². The minimum absolute atomic E-state index is 0.170. The Bertz CT molecular complexity index is 646. The summed E-state index contributed by atoms with van der Waals surface area (Å²) in [6.45, 7) is 5.39. The third-order valence-corrected chi connectivity index (χ3v) is 5.39. The first kappa shape index (κ1) is 14.8. The Morgan fingerprint density at radius 1 is 1.39 bits per heavy atom. The Labute approximate surface area is 134 Å².